The van der Waals surface area contributed by atoms with Crippen LogP contribution in [0.5, 0.6) is 0 Å². The minimum absolute atomic E-state index is 0.0707. The molecule has 0 saturated carbocycles. The Morgan fingerprint density at radius 3 is 2.31 bits per heavy atom. The van der Waals surface area contributed by atoms with E-state index < -0.39 is 24.1 Å². The molecule has 0 spiro atoms. The molecule has 2 rings (SSSR count). The van der Waals surface area contributed by atoms with Crippen molar-refractivity contribution in [2.75, 3.05) is 20.8 Å². The van der Waals surface area contributed by atoms with Gasteiger partial charge >= 0.3 is 18.0 Å². The van der Waals surface area contributed by atoms with Crippen molar-refractivity contribution >= 4 is 23.9 Å². The van der Waals surface area contributed by atoms with Crippen LogP contribution in [0.2, 0.25) is 0 Å². The largest absolute Gasteiger partial charge is 0.467 e. The molecule has 1 atom stereocenters. The zero-order valence-corrected chi connectivity index (χ0v) is 18.0. The van der Waals surface area contributed by atoms with Gasteiger partial charge in [0.05, 0.1) is 19.8 Å². The van der Waals surface area contributed by atoms with Crippen LogP contribution in [-0.4, -0.2) is 50.7 Å². The summed E-state index contributed by atoms with van der Waals surface area (Å²) >= 11 is 0. The predicted octanol–water partition coefficient (Wildman–Crippen LogP) is 2.45. The van der Waals surface area contributed by atoms with Crippen LogP contribution in [0.1, 0.15) is 39.1 Å². The Kier molecular flexibility index (Phi) is 9.70. The normalized spacial score (nSPS) is 11.1. The summed E-state index contributed by atoms with van der Waals surface area (Å²) in [6.07, 6.45) is -0.121. The molecular formula is C23H26N2O7. The number of ether oxygens (including phenoxy) is 3. The minimum Gasteiger partial charge on any atom is -0.467 e. The highest BCUT2D eigenvalue weighted by atomic mass is 16.6. The van der Waals surface area contributed by atoms with Gasteiger partial charge in [0.1, 0.15) is 12.6 Å². The lowest BCUT2D eigenvalue weighted by Gasteiger charge is -2.16. The van der Waals surface area contributed by atoms with E-state index in [1.165, 1.54) is 20.3 Å². The van der Waals surface area contributed by atoms with Gasteiger partial charge in [-0.15, -0.1) is 0 Å². The predicted molar refractivity (Wildman–Crippen MR) is 115 cm³/mol. The average molecular weight is 442 g/mol. The Hall–Kier alpha value is -3.88. The van der Waals surface area contributed by atoms with E-state index in [0.717, 1.165) is 5.56 Å². The molecule has 2 aromatic carbocycles. The highest BCUT2D eigenvalue weighted by Gasteiger charge is 2.22. The molecule has 2 N–H and O–H groups in total. The van der Waals surface area contributed by atoms with Gasteiger partial charge in [0, 0.05) is 12.1 Å². The Labute approximate surface area is 186 Å². The summed E-state index contributed by atoms with van der Waals surface area (Å²) < 4.78 is 14.5. The first-order valence-electron chi connectivity index (χ1n) is 9.96. The van der Waals surface area contributed by atoms with E-state index in [1.54, 1.807) is 18.2 Å². The van der Waals surface area contributed by atoms with Gasteiger partial charge in [0.25, 0.3) is 5.91 Å². The third kappa shape index (κ3) is 7.75. The zero-order valence-electron chi connectivity index (χ0n) is 18.0. The molecule has 0 saturated heterocycles. The van der Waals surface area contributed by atoms with E-state index in [2.05, 4.69) is 15.4 Å². The topological polar surface area (TPSA) is 120 Å². The smallest absolute Gasteiger partial charge is 0.408 e. The molecule has 170 valence electrons. The van der Waals surface area contributed by atoms with Crippen LogP contribution >= 0.6 is 0 Å². The van der Waals surface area contributed by atoms with Gasteiger partial charge in [-0.25, -0.2) is 14.4 Å². The number of hydrogen-bond donors (Lipinski definition) is 2. The van der Waals surface area contributed by atoms with Crippen molar-refractivity contribution in [2.24, 2.45) is 0 Å². The van der Waals surface area contributed by atoms with Crippen molar-refractivity contribution in [2.45, 2.75) is 25.5 Å². The number of amides is 2. The van der Waals surface area contributed by atoms with Crippen molar-refractivity contribution in [3.8, 4) is 0 Å². The lowest BCUT2D eigenvalue weighted by molar-refractivity contribution is -0.143. The summed E-state index contributed by atoms with van der Waals surface area (Å²) in [5.74, 6) is -1.52. The Bertz CT molecular complexity index is 931. The zero-order chi connectivity index (χ0) is 23.3. The molecule has 0 heterocycles. The Morgan fingerprint density at radius 2 is 1.62 bits per heavy atom. The molecule has 0 aliphatic rings. The number of carbonyl (C=O) groups is 4. The van der Waals surface area contributed by atoms with Gasteiger partial charge in [0.15, 0.2) is 0 Å². The number of esters is 2. The number of benzene rings is 2. The minimum atomic E-state index is -0.914. The number of methoxy groups -OCH3 is 2. The fraction of sp³-hybridized carbons (Fsp3) is 0.304. The number of hydrogen-bond acceptors (Lipinski definition) is 7. The van der Waals surface area contributed by atoms with Crippen LogP contribution in [0.15, 0.2) is 54.6 Å². The average Bonchev–Trinajstić information content (AvgIpc) is 2.84. The van der Waals surface area contributed by atoms with Crippen molar-refractivity contribution in [1.29, 1.82) is 0 Å². The first kappa shape index (κ1) is 24.4. The van der Waals surface area contributed by atoms with Gasteiger partial charge in [0.2, 0.25) is 0 Å². The third-order valence-corrected chi connectivity index (χ3v) is 4.49. The van der Waals surface area contributed by atoms with Crippen LogP contribution in [0.25, 0.3) is 0 Å². The highest BCUT2D eigenvalue weighted by molar-refractivity contribution is 5.97. The molecule has 9 nitrogen and oxygen atoms in total. The second-order valence-electron chi connectivity index (χ2n) is 6.75. The standard InChI is InChI=1S/C23H26N2O7/c1-30-21(27)18-11-6-10-17(14-18)20(26)24-13-7-12-19(22(28)31-2)25-23(29)32-15-16-8-4-3-5-9-16/h3-6,8-11,14,19H,7,12-13,15H2,1-2H3,(H,24,26)(H,25,29)/t19-/m0/s1. The SMILES string of the molecule is COC(=O)c1cccc(C(=O)NCCC[C@H](NC(=O)OCc2ccccc2)C(=O)OC)c1. The lowest BCUT2D eigenvalue weighted by atomic mass is 10.1. The summed E-state index contributed by atoms with van der Waals surface area (Å²) in [6, 6.07) is 14.4. The van der Waals surface area contributed by atoms with Gasteiger partial charge in [-0.2, -0.15) is 0 Å². The quantitative estimate of drug-likeness (QED) is 0.329. The maximum Gasteiger partial charge on any atom is 0.408 e. The molecule has 0 bridgehead atoms. The maximum atomic E-state index is 12.3. The van der Waals surface area contributed by atoms with Crippen molar-refractivity contribution < 1.29 is 33.4 Å². The highest BCUT2D eigenvalue weighted by Crippen LogP contribution is 2.07. The van der Waals surface area contributed by atoms with E-state index in [4.69, 9.17) is 9.47 Å². The summed E-state index contributed by atoms with van der Waals surface area (Å²) in [5, 5.41) is 5.19. The summed E-state index contributed by atoms with van der Waals surface area (Å²) in [4.78, 5) is 47.9. The molecule has 32 heavy (non-hydrogen) atoms. The van der Waals surface area contributed by atoms with Crippen LogP contribution in [0.3, 0.4) is 0 Å². The molecule has 0 fully saturated rings. The molecule has 0 radical (unpaired) electrons. The second kappa shape index (κ2) is 12.7. The monoisotopic (exact) mass is 442 g/mol. The molecule has 0 aromatic heterocycles. The molecule has 9 heteroatoms. The van der Waals surface area contributed by atoms with E-state index in [9.17, 15) is 19.2 Å². The van der Waals surface area contributed by atoms with Gasteiger partial charge in [-0.3, -0.25) is 4.79 Å². The van der Waals surface area contributed by atoms with Gasteiger partial charge in [-0.1, -0.05) is 36.4 Å². The molecule has 2 amide bonds. The fourth-order valence-corrected chi connectivity index (χ4v) is 2.81. The molecular weight excluding hydrogens is 416 g/mol. The van der Waals surface area contributed by atoms with Gasteiger partial charge in [-0.05, 0) is 36.6 Å². The summed E-state index contributed by atoms with van der Waals surface area (Å²) in [5.41, 5.74) is 1.39. The first-order chi connectivity index (χ1) is 15.4. The third-order valence-electron chi connectivity index (χ3n) is 4.49. The van der Waals surface area contributed by atoms with E-state index >= 15 is 0 Å². The van der Waals surface area contributed by atoms with E-state index in [-0.39, 0.29) is 31.0 Å². The number of nitrogens with one attached hydrogen (secondary N) is 2. The fourth-order valence-electron chi connectivity index (χ4n) is 2.81. The lowest BCUT2D eigenvalue weighted by Crippen LogP contribution is -2.42. The molecule has 0 aliphatic heterocycles. The molecule has 0 aliphatic carbocycles. The maximum absolute atomic E-state index is 12.3. The van der Waals surface area contributed by atoms with Crippen molar-refractivity contribution in [1.82, 2.24) is 10.6 Å². The van der Waals surface area contributed by atoms with Crippen LogP contribution in [0.4, 0.5) is 4.79 Å². The summed E-state index contributed by atoms with van der Waals surface area (Å²) in [6.45, 7) is 0.316. The first-order valence-corrected chi connectivity index (χ1v) is 9.96. The Balaban J connectivity index is 1.80. The van der Waals surface area contributed by atoms with Crippen LogP contribution in [-0.2, 0) is 25.6 Å². The van der Waals surface area contributed by atoms with Crippen LogP contribution in [0, 0.1) is 0 Å². The number of alkyl carbamates (subject to hydrolysis) is 1. The molecule has 0 unspecified atom stereocenters. The number of carbonyl (C=O) groups excluding carboxylic acids is 4. The molecule has 2 aromatic rings. The van der Waals surface area contributed by atoms with Crippen molar-refractivity contribution in [3.63, 3.8) is 0 Å². The number of rotatable bonds is 10. The van der Waals surface area contributed by atoms with Gasteiger partial charge < -0.3 is 24.8 Å². The van der Waals surface area contributed by atoms with Crippen LogP contribution < -0.4 is 10.6 Å². The second-order valence-corrected chi connectivity index (χ2v) is 6.75. The van der Waals surface area contributed by atoms with Crippen molar-refractivity contribution in [3.05, 3.63) is 71.3 Å². The summed E-state index contributed by atoms with van der Waals surface area (Å²) in [7, 11) is 2.49. The van der Waals surface area contributed by atoms with E-state index in [0.29, 0.717) is 12.0 Å². The Morgan fingerprint density at radius 1 is 0.906 bits per heavy atom. The van der Waals surface area contributed by atoms with E-state index in [1.807, 2.05) is 30.3 Å².